The monoisotopic (exact) mass is 251 g/mol. The Bertz CT molecular complexity index is 541. The molecular formula is C18H21N. The van der Waals surface area contributed by atoms with E-state index in [2.05, 4.69) is 61.2 Å². The van der Waals surface area contributed by atoms with Crippen molar-refractivity contribution in [1.29, 1.82) is 0 Å². The highest BCUT2D eigenvalue weighted by atomic mass is 15.1. The molecule has 0 atom stereocenters. The molecule has 2 aromatic carbocycles. The molecule has 19 heavy (non-hydrogen) atoms. The number of hydrogen-bond donors (Lipinski definition) is 0. The minimum absolute atomic E-state index is 1.11. The fourth-order valence-corrected chi connectivity index (χ4v) is 2.86. The molecule has 1 aliphatic rings. The number of rotatable bonds is 3. The Labute approximate surface area is 115 Å². The fraction of sp³-hybridized carbons (Fsp3) is 0.333. The van der Waals surface area contributed by atoms with Gasteiger partial charge >= 0.3 is 0 Å². The lowest BCUT2D eigenvalue weighted by Crippen LogP contribution is -2.19. The first-order chi connectivity index (χ1) is 9.22. The van der Waals surface area contributed by atoms with E-state index in [-0.39, 0.29) is 0 Å². The minimum atomic E-state index is 1.11. The van der Waals surface area contributed by atoms with E-state index < -0.39 is 0 Å². The molecule has 0 aliphatic carbocycles. The van der Waals surface area contributed by atoms with E-state index in [1.165, 1.54) is 27.8 Å². The first-order valence-electron chi connectivity index (χ1n) is 7.07. The first-order valence-corrected chi connectivity index (χ1v) is 7.07. The molecule has 0 amide bonds. The summed E-state index contributed by atoms with van der Waals surface area (Å²) in [4.78, 5) is 2.55. The Hall–Kier alpha value is -1.60. The van der Waals surface area contributed by atoms with Crippen LogP contribution in [0.25, 0.3) is 0 Å². The maximum absolute atomic E-state index is 2.55. The molecule has 98 valence electrons. The Morgan fingerprint density at radius 3 is 2.05 bits per heavy atom. The van der Waals surface area contributed by atoms with Gasteiger partial charge in [-0.05, 0) is 48.1 Å². The smallest absolute Gasteiger partial charge is 0.0240 e. The quantitative estimate of drug-likeness (QED) is 0.800. The van der Waals surface area contributed by atoms with E-state index in [1.54, 1.807) is 0 Å². The van der Waals surface area contributed by atoms with Crippen LogP contribution in [0.15, 0.2) is 42.5 Å². The molecule has 0 aromatic heterocycles. The van der Waals surface area contributed by atoms with Crippen LogP contribution in [-0.2, 0) is 19.5 Å². The molecule has 1 heterocycles. The summed E-state index contributed by atoms with van der Waals surface area (Å²) in [6.07, 6.45) is 1.15. The van der Waals surface area contributed by atoms with Crippen LogP contribution < -0.4 is 0 Å². The summed E-state index contributed by atoms with van der Waals surface area (Å²) in [5.41, 5.74) is 7.32. The van der Waals surface area contributed by atoms with E-state index in [9.17, 15) is 0 Å². The molecule has 3 rings (SSSR count). The van der Waals surface area contributed by atoms with Crippen molar-refractivity contribution in [3.8, 4) is 0 Å². The van der Waals surface area contributed by atoms with E-state index >= 15 is 0 Å². The van der Waals surface area contributed by atoms with Crippen LogP contribution in [0, 0.1) is 13.8 Å². The lowest BCUT2D eigenvalue weighted by atomic mass is 10.0. The predicted molar refractivity (Wildman–Crippen MR) is 80.2 cm³/mol. The van der Waals surface area contributed by atoms with E-state index in [0.29, 0.717) is 0 Å². The van der Waals surface area contributed by atoms with Crippen molar-refractivity contribution in [1.82, 2.24) is 4.90 Å². The van der Waals surface area contributed by atoms with Crippen LogP contribution in [-0.4, -0.2) is 11.4 Å². The summed E-state index contributed by atoms with van der Waals surface area (Å²) in [5, 5.41) is 0. The van der Waals surface area contributed by atoms with Gasteiger partial charge in [0.1, 0.15) is 0 Å². The second kappa shape index (κ2) is 5.18. The molecule has 0 spiro atoms. The van der Waals surface area contributed by atoms with Crippen LogP contribution in [0.1, 0.15) is 27.8 Å². The van der Waals surface area contributed by atoms with Crippen LogP contribution >= 0.6 is 0 Å². The van der Waals surface area contributed by atoms with Gasteiger partial charge in [0.05, 0.1) is 0 Å². The molecule has 0 saturated carbocycles. The number of hydrogen-bond acceptors (Lipinski definition) is 1. The predicted octanol–water partition coefficient (Wildman–Crippen LogP) is 3.86. The van der Waals surface area contributed by atoms with Gasteiger partial charge in [0.2, 0.25) is 0 Å². The molecule has 0 N–H and O–H groups in total. The number of aryl methyl sites for hydroxylation is 2. The third-order valence-electron chi connectivity index (χ3n) is 4.16. The summed E-state index contributed by atoms with van der Waals surface area (Å²) < 4.78 is 0. The molecule has 1 heteroatoms. The van der Waals surface area contributed by atoms with Crippen molar-refractivity contribution in [3.63, 3.8) is 0 Å². The zero-order valence-corrected chi connectivity index (χ0v) is 11.8. The number of fused-ring (bicyclic) bond motifs is 1. The van der Waals surface area contributed by atoms with Gasteiger partial charge in [-0.25, -0.2) is 0 Å². The average Bonchev–Trinajstić information content (AvgIpc) is 2.80. The summed E-state index contributed by atoms with van der Waals surface area (Å²) in [5.74, 6) is 0. The summed E-state index contributed by atoms with van der Waals surface area (Å²) in [6, 6.07) is 15.5. The minimum Gasteiger partial charge on any atom is -0.294 e. The van der Waals surface area contributed by atoms with Crippen molar-refractivity contribution < 1.29 is 0 Å². The maximum Gasteiger partial charge on any atom is 0.0240 e. The van der Waals surface area contributed by atoms with Gasteiger partial charge in [-0.15, -0.1) is 0 Å². The fourth-order valence-electron chi connectivity index (χ4n) is 2.86. The molecule has 0 unspecified atom stereocenters. The SMILES string of the molecule is Cc1cc2c(cc1C)CN(CCc1ccccc1)C2. The van der Waals surface area contributed by atoms with Gasteiger partial charge in [-0.2, -0.15) is 0 Å². The summed E-state index contributed by atoms with van der Waals surface area (Å²) in [7, 11) is 0. The zero-order valence-electron chi connectivity index (χ0n) is 11.8. The highest BCUT2D eigenvalue weighted by molar-refractivity contribution is 5.39. The van der Waals surface area contributed by atoms with Crippen LogP contribution in [0.2, 0.25) is 0 Å². The Morgan fingerprint density at radius 2 is 1.47 bits per heavy atom. The van der Waals surface area contributed by atoms with Gasteiger partial charge in [-0.3, -0.25) is 4.90 Å². The van der Waals surface area contributed by atoms with Crippen molar-refractivity contribution in [2.45, 2.75) is 33.4 Å². The summed E-state index contributed by atoms with van der Waals surface area (Å²) >= 11 is 0. The molecular weight excluding hydrogens is 230 g/mol. The highest BCUT2D eigenvalue weighted by Crippen LogP contribution is 2.25. The Kier molecular flexibility index (Phi) is 3.39. The van der Waals surface area contributed by atoms with Crippen LogP contribution in [0.4, 0.5) is 0 Å². The van der Waals surface area contributed by atoms with Gasteiger partial charge in [-0.1, -0.05) is 42.5 Å². The second-order valence-corrected chi connectivity index (χ2v) is 5.65. The maximum atomic E-state index is 2.55. The number of benzene rings is 2. The van der Waals surface area contributed by atoms with Crippen LogP contribution in [0.5, 0.6) is 0 Å². The molecule has 0 bridgehead atoms. The van der Waals surface area contributed by atoms with E-state index in [0.717, 1.165) is 26.1 Å². The largest absolute Gasteiger partial charge is 0.294 e. The van der Waals surface area contributed by atoms with Gasteiger partial charge in [0.25, 0.3) is 0 Å². The number of nitrogens with zero attached hydrogens (tertiary/aromatic N) is 1. The Balaban J connectivity index is 1.64. The van der Waals surface area contributed by atoms with E-state index in [4.69, 9.17) is 0 Å². The molecule has 0 fully saturated rings. The zero-order chi connectivity index (χ0) is 13.2. The lowest BCUT2D eigenvalue weighted by Gasteiger charge is -2.14. The molecule has 0 saturated heterocycles. The Morgan fingerprint density at radius 1 is 0.895 bits per heavy atom. The average molecular weight is 251 g/mol. The van der Waals surface area contributed by atoms with Gasteiger partial charge in [0, 0.05) is 19.6 Å². The van der Waals surface area contributed by atoms with Crippen molar-refractivity contribution in [3.05, 3.63) is 70.3 Å². The molecule has 0 radical (unpaired) electrons. The van der Waals surface area contributed by atoms with Gasteiger partial charge < -0.3 is 0 Å². The van der Waals surface area contributed by atoms with E-state index in [1.807, 2.05) is 0 Å². The topological polar surface area (TPSA) is 3.24 Å². The van der Waals surface area contributed by atoms with Crippen LogP contribution in [0.3, 0.4) is 0 Å². The highest BCUT2D eigenvalue weighted by Gasteiger charge is 2.19. The van der Waals surface area contributed by atoms with Crippen molar-refractivity contribution in [2.75, 3.05) is 6.54 Å². The summed E-state index contributed by atoms with van der Waals surface area (Å²) in [6.45, 7) is 7.80. The molecule has 1 nitrogen and oxygen atoms in total. The third-order valence-corrected chi connectivity index (χ3v) is 4.16. The second-order valence-electron chi connectivity index (χ2n) is 5.65. The third kappa shape index (κ3) is 2.71. The lowest BCUT2D eigenvalue weighted by molar-refractivity contribution is 0.288. The van der Waals surface area contributed by atoms with Gasteiger partial charge in [0.15, 0.2) is 0 Å². The van der Waals surface area contributed by atoms with Crippen molar-refractivity contribution in [2.24, 2.45) is 0 Å². The van der Waals surface area contributed by atoms with Crippen molar-refractivity contribution >= 4 is 0 Å². The standard InChI is InChI=1S/C18H21N/c1-14-10-17-12-19(13-18(17)11-15(14)2)9-8-16-6-4-3-5-7-16/h3-7,10-11H,8-9,12-13H2,1-2H3. The molecule has 1 aliphatic heterocycles. The normalized spacial score (nSPS) is 14.6. The molecule has 2 aromatic rings. The first kappa shape index (κ1) is 12.4.